The van der Waals surface area contributed by atoms with E-state index in [0.29, 0.717) is 30.0 Å². The second kappa shape index (κ2) is 8.91. The molecule has 1 aromatic carbocycles. The summed E-state index contributed by atoms with van der Waals surface area (Å²) in [7, 11) is -3.88. The molecule has 2 fully saturated rings. The van der Waals surface area contributed by atoms with Crippen molar-refractivity contribution in [1.29, 1.82) is 0 Å². The number of hydrogen-bond acceptors (Lipinski definition) is 7. The Morgan fingerprint density at radius 1 is 1.16 bits per heavy atom. The highest BCUT2D eigenvalue weighted by Gasteiger charge is 2.33. The number of benzene rings is 1. The van der Waals surface area contributed by atoms with E-state index in [1.54, 1.807) is 6.21 Å². The second-order valence-electron chi connectivity index (χ2n) is 7.69. The SMILES string of the molecule is C=Nc1nc(N2CCN(S(=O)(=O)c3ccc(C(F)(F)F)cc3)CC2)sc1C=NCC1CC1. The topological polar surface area (TPSA) is 78.2 Å². The van der Waals surface area contributed by atoms with Gasteiger partial charge in [-0.1, -0.05) is 11.3 Å². The van der Waals surface area contributed by atoms with Gasteiger partial charge in [0.15, 0.2) is 10.9 Å². The van der Waals surface area contributed by atoms with Crippen LogP contribution in [0.4, 0.5) is 24.1 Å². The minimum Gasteiger partial charge on any atom is -0.345 e. The number of alkyl halides is 3. The highest BCUT2D eigenvalue weighted by molar-refractivity contribution is 7.89. The summed E-state index contributed by atoms with van der Waals surface area (Å²) in [5.74, 6) is 1.18. The summed E-state index contributed by atoms with van der Waals surface area (Å²) in [6.45, 7) is 5.57. The fraction of sp³-hybridized carbons (Fsp3) is 0.450. The van der Waals surface area contributed by atoms with E-state index in [0.717, 1.165) is 35.7 Å². The molecule has 1 aliphatic heterocycles. The Kier molecular flexibility index (Phi) is 6.37. The molecule has 7 nitrogen and oxygen atoms in total. The number of hydrogen-bond donors (Lipinski definition) is 0. The Bertz CT molecular complexity index is 1100. The molecule has 32 heavy (non-hydrogen) atoms. The summed E-state index contributed by atoms with van der Waals surface area (Å²) < 4.78 is 65.2. The molecule has 2 aromatic rings. The van der Waals surface area contributed by atoms with Gasteiger partial charge < -0.3 is 4.90 Å². The molecule has 0 unspecified atom stereocenters. The van der Waals surface area contributed by atoms with E-state index in [1.807, 2.05) is 4.90 Å². The van der Waals surface area contributed by atoms with Gasteiger partial charge >= 0.3 is 6.18 Å². The van der Waals surface area contributed by atoms with Gasteiger partial charge in [-0.2, -0.15) is 22.5 Å². The number of sulfonamides is 1. The molecule has 1 aliphatic carbocycles. The summed E-state index contributed by atoms with van der Waals surface area (Å²) in [5.41, 5.74) is -0.881. The monoisotopic (exact) mass is 485 g/mol. The molecule has 172 valence electrons. The smallest absolute Gasteiger partial charge is 0.345 e. The lowest BCUT2D eigenvalue weighted by Gasteiger charge is -2.33. The van der Waals surface area contributed by atoms with Gasteiger partial charge in [-0.25, -0.2) is 13.4 Å². The molecule has 0 bridgehead atoms. The Morgan fingerprint density at radius 2 is 1.81 bits per heavy atom. The van der Waals surface area contributed by atoms with Gasteiger partial charge in [0.25, 0.3) is 0 Å². The predicted octanol–water partition coefficient (Wildman–Crippen LogP) is 3.83. The average molecular weight is 486 g/mol. The Morgan fingerprint density at radius 3 is 2.38 bits per heavy atom. The lowest BCUT2D eigenvalue weighted by molar-refractivity contribution is -0.137. The number of nitrogens with zero attached hydrogens (tertiary/aromatic N) is 5. The van der Waals surface area contributed by atoms with Crippen molar-refractivity contribution in [3.63, 3.8) is 0 Å². The van der Waals surface area contributed by atoms with Crippen LogP contribution in [0.25, 0.3) is 0 Å². The molecule has 0 amide bonds. The number of aromatic nitrogens is 1. The third-order valence-corrected chi connectivity index (χ3v) is 8.32. The van der Waals surface area contributed by atoms with Crippen LogP contribution in [0.15, 0.2) is 39.1 Å². The minimum absolute atomic E-state index is 0.152. The van der Waals surface area contributed by atoms with Crippen LogP contribution in [0.1, 0.15) is 23.3 Å². The maximum absolute atomic E-state index is 12.8. The van der Waals surface area contributed by atoms with E-state index in [4.69, 9.17) is 0 Å². The molecule has 1 aromatic heterocycles. The van der Waals surface area contributed by atoms with E-state index in [2.05, 4.69) is 21.7 Å². The zero-order valence-electron chi connectivity index (χ0n) is 17.1. The van der Waals surface area contributed by atoms with Crippen molar-refractivity contribution in [1.82, 2.24) is 9.29 Å². The van der Waals surface area contributed by atoms with Crippen LogP contribution in [-0.4, -0.2) is 63.4 Å². The third-order valence-electron chi connectivity index (χ3n) is 5.37. The molecular formula is C20H22F3N5O2S2. The number of piperazine rings is 1. The van der Waals surface area contributed by atoms with Crippen LogP contribution in [0.3, 0.4) is 0 Å². The average Bonchev–Trinajstić information content (AvgIpc) is 3.51. The first kappa shape index (κ1) is 22.9. The van der Waals surface area contributed by atoms with Gasteiger partial charge in [0, 0.05) is 38.9 Å². The van der Waals surface area contributed by atoms with Gasteiger partial charge in [-0.15, -0.1) is 0 Å². The molecular weight excluding hydrogens is 463 g/mol. The summed E-state index contributed by atoms with van der Waals surface area (Å²) in [6.07, 6.45) is -0.300. The number of aliphatic imine (C=N–C) groups is 2. The van der Waals surface area contributed by atoms with E-state index < -0.39 is 21.8 Å². The van der Waals surface area contributed by atoms with Crippen molar-refractivity contribution in [2.24, 2.45) is 15.9 Å². The van der Waals surface area contributed by atoms with E-state index >= 15 is 0 Å². The first-order valence-corrected chi connectivity index (χ1v) is 12.3. The molecule has 0 N–H and O–H groups in total. The largest absolute Gasteiger partial charge is 0.416 e. The number of thiazole rings is 1. The standard InChI is InChI=1S/C20H22F3N5O2S2/c1-24-18-17(13-25-12-14-2-3-14)31-19(26-18)27-8-10-28(11-9-27)32(29,30)16-6-4-15(5-7-16)20(21,22)23/h4-7,13-14H,1-3,8-12H2. The molecule has 2 heterocycles. The van der Waals surface area contributed by atoms with Gasteiger partial charge in [-0.3, -0.25) is 4.99 Å². The van der Waals surface area contributed by atoms with Crippen molar-refractivity contribution < 1.29 is 21.6 Å². The number of halogens is 3. The molecule has 4 rings (SSSR count). The van der Waals surface area contributed by atoms with Crippen molar-refractivity contribution in [2.75, 3.05) is 37.6 Å². The molecule has 12 heteroatoms. The normalized spacial score (nSPS) is 18.4. The highest BCUT2D eigenvalue weighted by Crippen LogP contribution is 2.33. The summed E-state index contributed by atoms with van der Waals surface area (Å²) in [4.78, 5) is 15.5. The Balaban J connectivity index is 1.41. The maximum atomic E-state index is 12.8. The summed E-state index contributed by atoms with van der Waals surface area (Å²) in [6, 6.07) is 3.57. The van der Waals surface area contributed by atoms with Crippen molar-refractivity contribution in [2.45, 2.75) is 23.9 Å². The fourth-order valence-corrected chi connectivity index (χ4v) is 5.71. The summed E-state index contributed by atoms with van der Waals surface area (Å²) in [5, 5.41) is 0.715. The van der Waals surface area contributed by atoms with E-state index in [-0.39, 0.29) is 18.0 Å². The number of anilines is 1. The lowest BCUT2D eigenvalue weighted by Crippen LogP contribution is -2.48. The molecule has 0 atom stereocenters. The van der Waals surface area contributed by atoms with Gasteiger partial charge in [0.1, 0.15) is 0 Å². The first-order chi connectivity index (χ1) is 15.2. The van der Waals surface area contributed by atoms with Crippen LogP contribution >= 0.6 is 11.3 Å². The van der Waals surface area contributed by atoms with Crippen LogP contribution in [-0.2, 0) is 16.2 Å². The van der Waals surface area contributed by atoms with Gasteiger partial charge in [0.05, 0.1) is 15.3 Å². The van der Waals surface area contributed by atoms with Crippen molar-refractivity contribution in [3.05, 3.63) is 34.7 Å². The Labute approximate surface area is 188 Å². The van der Waals surface area contributed by atoms with Gasteiger partial charge in [-0.05, 0) is 49.7 Å². The van der Waals surface area contributed by atoms with Gasteiger partial charge in [0.2, 0.25) is 10.0 Å². The van der Waals surface area contributed by atoms with Crippen molar-refractivity contribution >= 4 is 45.2 Å². The third kappa shape index (κ3) is 5.02. The Hall–Kier alpha value is -2.31. The lowest BCUT2D eigenvalue weighted by atomic mass is 10.2. The van der Waals surface area contributed by atoms with Crippen LogP contribution in [0.2, 0.25) is 0 Å². The molecule has 0 radical (unpaired) electrons. The quantitative estimate of drug-likeness (QED) is 0.559. The highest BCUT2D eigenvalue weighted by atomic mass is 32.2. The van der Waals surface area contributed by atoms with Crippen LogP contribution in [0, 0.1) is 5.92 Å². The molecule has 0 spiro atoms. The number of rotatable bonds is 7. The predicted molar refractivity (Wildman–Crippen MR) is 119 cm³/mol. The van der Waals surface area contributed by atoms with E-state index in [9.17, 15) is 21.6 Å². The maximum Gasteiger partial charge on any atom is 0.416 e. The summed E-state index contributed by atoms with van der Waals surface area (Å²) >= 11 is 1.43. The minimum atomic E-state index is -4.51. The zero-order chi connectivity index (χ0) is 22.9. The van der Waals surface area contributed by atoms with Crippen molar-refractivity contribution in [3.8, 4) is 0 Å². The fourth-order valence-electron chi connectivity index (χ4n) is 3.31. The molecule has 1 saturated heterocycles. The first-order valence-electron chi connectivity index (χ1n) is 10.1. The zero-order valence-corrected chi connectivity index (χ0v) is 18.8. The second-order valence-corrected chi connectivity index (χ2v) is 10.6. The molecule has 2 aliphatic rings. The van der Waals surface area contributed by atoms with Crippen LogP contribution in [0.5, 0.6) is 0 Å². The van der Waals surface area contributed by atoms with E-state index in [1.165, 1.54) is 28.5 Å². The van der Waals surface area contributed by atoms with Crippen LogP contribution < -0.4 is 4.90 Å². The molecule has 1 saturated carbocycles.